The Kier molecular flexibility index (Phi) is 2.59. The Labute approximate surface area is 107 Å². The highest BCUT2D eigenvalue weighted by molar-refractivity contribution is 5.82. The van der Waals surface area contributed by atoms with E-state index in [2.05, 4.69) is 0 Å². The van der Waals surface area contributed by atoms with Crippen molar-refractivity contribution in [1.29, 1.82) is 0 Å². The van der Waals surface area contributed by atoms with Gasteiger partial charge in [-0.25, -0.2) is 0 Å². The van der Waals surface area contributed by atoms with Crippen molar-refractivity contribution in [2.75, 3.05) is 0 Å². The lowest BCUT2D eigenvalue weighted by Gasteiger charge is -2.09. The molecule has 1 nitrogen and oxygen atoms in total. The zero-order chi connectivity index (χ0) is 13.5. The summed E-state index contributed by atoms with van der Waals surface area (Å²) in [5, 5.41) is 0.789. The van der Waals surface area contributed by atoms with Crippen LogP contribution in [-0.4, -0.2) is 4.57 Å². The van der Waals surface area contributed by atoms with Gasteiger partial charge in [-0.1, -0.05) is 24.3 Å². The molecule has 0 atom stereocenters. The lowest BCUT2D eigenvalue weighted by molar-refractivity contribution is -0.137. The summed E-state index contributed by atoms with van der Waals surface area (Å²) in [6, 6.07) is 14.9. The summed E-state index contributed by atoms with van der Waals surface area (Å²) < 4.78 is 40.0. The highest BCUT2D eigenvalue weighted by atomic mass is 19.4. The van der Waals surface area contributed by atoms with E-state index in [1.54, 1.807) is 10.8 Å². The van der Waals surface area contributed by atoms with Crippen LogP contribution in [-0.2, 0) is 6.18 Å². The molecular weight excluding hydrogens is 251 g/mol. The highest BCUT2D eigenvalue weighted by Gasteiger charge is 2.30. The first-order valence-electron chi connectivity index (χ1n) is 5.79. The van der Waals surface area contributed by atoms with Gasteiger partial charge in [-0.3, -0.25) is 0 Å². The Hall–Kier alpha value is -2.23. The fourth-order valence-electron chi connectivity index (χ4n) is 2.12. The van der Waals surface area contributed by atoms with Crippen LogP contribution in [0.4, 0.5) is 13.2 Å². The number of benzene rings is 2. The maximum absolute atomic E-state index is 12.7. The van der Waals surface area contributed by atoms with Crippen LogP contribution < -0.4 is 0 Å². The lowest BCUT2D eigenvalue weighted by Crippen LogP contribution is -2.04. The standard InChI is InChI=1S/C15H10F3N/c16-15(17,18)12-7-6-11-8-9-19(14(11)10-12)13-4-2-1-3-5-13/h1-10H. The third-order valence-electron chi connectivity index (χ3n) is 3.05. The molecule has 0 saturated carbocycles. The predicted molar refractivity (Wildman–Crippen MR) is 68.3 cm³/mol. The van der Waals surface area contributed by atoms with E-state index in [0.717, 1.165) is 17.1 Å². The summed E-state index contributed by atoms with van der Waals surface area (Å²) in [5.74, 6) is 0. The predicted octanol–water partition coefficient (Wildman–Crippen LogP) is 4.65. The fourth-order valence-corrected chi connectivity index (χ4v) is 2.12. The Balaban J connectivity index is 2.22. The molecule has 0 radical (unpaired) electrons. The van der Waals surface area contributed by atoms with Crippen molar-refractivity contribution >= 4 is 10.9 Å². The third-order valence-corrected chi connectivity index (χ3v) is 3.05. The first-order valence-corrected chi connectivity index (χ1v) is 5.79. The average Bonchev–Trinajstić information content (AvgIpc) is 2.81. The van der Waals surface area contributed by atoms with Crippen LogP contribution in [0.2, 0.25) is 0 Å². The van der Waals surface area contributed by atoms with E-state index in [-0.39, 0.29) is 0 Å². The van der Waals surface area contributed by atoms with Gasteiger partial charge in [0.25, 0.3) is 0 Å². The van der Waals surface area contributed by atoms with Gasteiger partial charge in [0.15, 0.2) is 0 Å². The van der Waals surface area contributed by atoms with Gasteiger partial charge in [0, 0.05) is 11.9 Å². The molecule has 0 unspecified atom stereocenters. The highest BCUT2D eigenvalue weighted by Crippen LogP contribution is 2.32. The van der Waals surface area contributed by atoms with Crippen molar-refractivity contribution in [3.8, 4) is 5.69 Å². The van der Waals surface area contributed by atoms with Crippen LogP contribution in [0.15, 0.2) is 60.8 Å². The summed E-state index contributed by atoms with van der Waals surface area (Å²) >= 11 is 0. The van der Waals surface area contributed by atoms with E-state index >= 15 is 0 Å². The minimum absolute atomic E-state index is 0.557. The Morgan fingerprint density at radius 1 is 0.842 bits per heavy atom. The van der Waals surface area contributed by atoms with Crippen molar-refractivity contribution in [3.63, 3.8) is 0 Å². The molecule has 0 saturated heterocycles. The van der Waals surface area contributed by atoms with Crippen molar-refractivity contribution in [2.24, 2.45) is 0 Å². The smallest absolute Gasteiger partial charge is 0.317 e. The molecule has 0 N–H and O–H groups in total. The molecule has 3 rings (SSSR count). The van der Waals surface area contributed by atoms with Crippen molar-refractivity contribution in [2.45, 2.75) is 6.18 Å². The molecule has 4 heteroatoms. The number of halogens is 3. The molecular formula is C15H10F3N. The van der Waals surface area contributed by atoms with Gasteiger partial charge in [0.1, 0.15) is 0 Å². The molecule has 1 heterocycles. The Morgan fingerprint density at radius 3 is 2.26 bits per heavy atom. The number of para-hydroxylation sites is 1. The maximum Gasteiger partial charge on any atom is 0.416 e. The number of rotatable bonds is 1. The normalized spacial score (nSPS) is 11.9. The molecule has 19 heavy (non-hydrogen) atoms. The van der Waals surface area contributed by atoms with E-state index in [4.69, 9.17) is 0 Å². The van der Waals surface area contributed by atoms with Gasteiger partial charge in [-0.15, -0.1) is 0 Å². The molecule has 96 valence electrons. The van der Waals surface area contributed by atoms with E-state index < -0.39 is 11.7 Å². The number of fused-ring (bicyclic) bond motifs is 1. The van der Waals surface area contributed by atoms with Crippen LogP contribution in [0, 0.1) is 0 Å². The molecule has 3 aromatic rings. The SMILES string of the molecule is FC(F)(F)c1ccc2ccn(-c3ccccc3)c2c1. The zero-order valence-electron chi connectivity index (χ0n) is 9.85. The molecule has 0 fully saturated rings. The first kappa shape index (κ1) is 11.8. The Morgan fingerprint density at radius 2 is 1.58 bits per heavy atom. The lowest BCUT2D eigenvalue weighted by atomic mass is 10.1. The van der Waals surface area contributed by atoms with Crippen molar-refractivity contribution < 1.29 is 13.2 Å². The number of hydrogen-bond acceptors (Lipinski definition) is 0. The topological polar surface area (TPSA) is 4.93 Å². The quantitative estimate of drug-likeness (QED) is 0.601. The maximum atomic E-state index is 12.7. The molecule has 2 aromatic carbocycles. The van der Waals surface area contributed by atoms with Gasteiger partial charge in [-0.05, 0) is 35.7 Å². The summed E-state index contributed by atoms with van der Waals surface area (Å²) in [6.07, 6.45) is -2.54. The molecule has 0 spiro atoms. The summed E-state index contributed by atoms with van der Waals surface area (Å²) in [5.41, 5.74) is 0.772. The van der Waals surface area contributed by atoms with Gasteiger partial charge < -0.3 is 4.57 Å². The van der Waals surface area contributed by atoms with E-state index in [1.807, 2.05) is 36.4 Å². The molecule has 1 aromatic heterocycles. The minimum atomic E-state index is -4.32. The second-order valence-corrected chi connectivity index (χ2v) is 4.29. The minimum Gasteiger partial charge on any atom is -0.317 e. The van der Waals surface area contributed by atoms with E-state index in [0.29, 0.717) is 5.52 Å². The second kappa shape index (κ2) is 4.16. The fraction of sp³-hybridized carbons (Fsp3) is 0.0667. The third kappa shape index (κ3) is 2.10. The number of alkyl halides is 3. The van der Waals surface area contributed by atoms with Gasteiger partial charge in [-0.2, -0.15) is 13.2 Å². The first-order chi connectivity index (χ1) is 9.05. The van der Waals surface area contributed by atoms with Crippen LogP contribution in [0.1, 0.15) is 5.56 Å². The zero-order valence-corrected chi connectivity index (χ0v) is 9.85. The summed E-state index contributed by atoms with van der Waals surface area (Å²) in [7, 11) is 0. The molecule has 0 bridgehead atoms. The molecule has 0 aliphatic rings. The number of aromatic nitrogens is 1. The summed E-state index contributed by atoms with van der Waals surface area (Å²) in [4.78, 5) is 0. The van der Waals surface area contributed by atoms with Crippen molar-refractivity contribution in [1.82, 2.24) is 4.57 Å². The van der Waals surface area contributed by atoms with Crippen LogP contribution in [0.25, 0.3) is 16.6 Å². The number of nitrogens with zero attached hydrogens (tertiary/aromatic N) is 1. The van der Waals surface area contributed by atoms with Gasteiger partial charge in [0.2, 0.25) is 0 Å². The van der Waals surface area contributed by atoms with Gasteiger partial charge in [0.05, 0.1) is 11.1 Å². The van der Waals surface area contributed by atoms with E-state index in [9.17, 15) is 13.2 Å². The van der Waals surface area contributed by atoms with Crippen molar-refractivity contribution in [3.05, 3.63) is 66.4 Å². The Bertz CT molecular complexity index is 711. The van der Waals surface area contributed by atoms with Crippen LogP contribution >= 0.6 is 0 Å². The average molecular weight is 261 g/mol. The summed E-state index contributed by atoms with van der Waals surface area (Å²) in [6.45, 7) is 0. The van der Waals surface area contributed by atoms with Crippen LogP contribution in [0.3, 0.4) is 0 Å². The van der Waals surface area contributed by atoms with E-state index in [1.165, 1.54) is 12.1 Å². The van der Waals surface area contributed by atoms with Crippen LogP contribution in [0.5, 0.6) is 0 Å². The number of hydrogen-bond donors (Lipinski definition) is 0. The monoisotopic (exact) mass is 261 g/mol. The second-order valence-electron chi connectivity index (χ2n) is 4.29. The molecule has 0 aliphatic heterocycles. The molecule has 0 aliphatic carbocycles. The molecule has 0 amide bonds. The largest absolute Gasteiger partial charge is 0.416 e. The van der Waals surface area contributed by atoms with Gasteiger partial charge >= 0.3 is 6.18 Å².